The van der Waals surface area contributed by atoms with E-state index in [1.165, 1.54) is 11.2 Å². The van der Waals surface area contributed by atoms with E-state index >= 15 is 0 Å². The van der Waals surface area contributed by atoms with Crippen molar-refractivity contribution in [2.45, 2.75) is 13.1 Å². The molecule has 0 aliphatic carbocycles. The Balaban J connectivity index is 2.02. The molecule has 1 fully saturated rings. The van der Waals surface area contributed by atoms with Crippen molar-refractivity contribution in [2.75, 3.05) is 30.7 Å². The van der Waals surface area contributed by atoms with E-state index in [2.05, 4.69) is 5.32 Å². The molecule has 1 saturated heterocycles. The summed E-state index contributed by atoms with van der Waals surface area (Å²) in [5.41, 5.74) is -1.78. The lowest BCUT2D eigenvalue weighted by molar-refractivity contribution is -0.384. The minimum absolute atomic E-state index is 0.00246. The largest absolute Gasteiger partial charge is 0.416 e. The van der Waals surface area contributed by atoms with Gasteiger partial charge in [0.1, 0.15) is 5.69 Å². The van der Waals surface area contributed by atoms with Crippen LogP contribution in [-0.2, 0) is 16.2 Å². The maximum absolute atomic E-state index is 12.6. The Labute approximate surface area is 136 Å². The molecule has 0 unspecified atom stereocenters. The number of nitrogens with zero attached hydrogens (tertiary/aromatic N) is 2. The Morgan fingerprint density at radius 2 is 2.00 bits per heavy atom. The average Bonchev–Trinajstić information content (AvgIpc) is 2.44. The highest BCUT2D eigenvalue weighted by Crippen LogP contribution is 2.35. The fourth-order valence-electron chi connectivity index (χ4n) is 2.32. The van der Waals surface area contributed by atoms with Crippen LogP contribution in [0, 0.1) is 16.0 Å². The zero-order valence-electron chi connectivity index (χ0n) is 12.7. The molecule has 1 aliphatic heterocycles. The number of nitrogens with one attached hydrogen (secondary N) is 1. The van der Waals surface area contributed by atoms with Crippen molar-refractivity contribution in [1.29, 1.82) is 0 Å². The molecule has 1 heterocycles. The second-order valence-corrected chi connectivity index (χ2v) is 7.71. The van der Waals surface area contributed by atoms with E-state index in [1.54, 1.807) is 0 Å². The van der Waals surface area contributed by atoms with Gasteiger partial charge in [0, 0.05) is 31.6 Å². The van der Waals surface area contributed by atoms with Crippen molar-refractivity contribution < 1.29 is 26.5 Å². The van der Waals surface area contributed by atoms with Crippen molar-refractivity contribution >= 4 is 21.4 Å². The van der Waals surface area contributed by atoms with E-state index in [9.17, 15) is 31.7 Å². The molecule has 24 heavy (non-hydrogen) atoms. The first-order valence-corrected chi connectivity index (χ1v) is 8.73. The fourth-order valence-corrected chi connectivity index (χ4v) is 3.57. The van der Waals surface area contributed by atoms with Crippen LogP contribution < -0.4 is 5.32 Å². The van der Waals surface area contributed by atoms with Gasteiger partial charge >= 0.3 is 6.18 Å². The Bertz CT molecular complexity index is 730. The van der Waals surface area contributed by atoms with E-state index in [1.807, 2.05) is 0 Å². The van der Waals surface area contributed by atoms with Gasteiger partial charge in [0.2, 0.25) is 10.0 Å². The molecule has 0 aromatic heterocycles. The highest BCUT2D eigenvalue weighted by Gasteiger charge is 2.35. The standard InChI is InChI=1S/C13H16F3N3O4S/c1-2-24(22,23)18-7-9(8-18)6-17-11-4-3-10(13(14,15)16)5-12(11)19(20)21/h3-5,9,17H,2,6-8H2,1H3. The highest BCUT2D eigenvalue weighted by atomic mass is 32.2. The number of alkyl halides is 3. The number of nitro groups is 1. The van der Waals surface area contributed by atoms with Crippen molar-refractivity contribution in [3.8, 4) is 0 Å². The zero-order valence-corrected chi connectivity index (χ0v) is 13.5. The summed E-state index contributed by atoms with van der Waals surface area (Å²) in [6.07, 6.45) is -4.66. The summed E-state index contributed by atoms with van der Waals surface area (Å²) in [6.45, 7) is 2.35. The second-order valence-electron chi connectivity index (χ2n) is 5.45. The molecule has 0 atom stereocenters. The Morgan fingerprint density at radius 1 is 1.38 bits per heavy atom. The topological polar surface area (TPSA) is 92.6 Å². The number of hydrogen-bond acceptors (Lipinski definition) is 5. The van der Waals surface area contributed by atoms with Crippen molar-refractivity contribution in [3.05, 3.63) is 33.9 Å². The van der Waals surface area contributed by atoms with Gasteiger partial charge in [-0.15, -0.1) is 0 Å². The van der Waals surface area contributed by atoms with Crippen LogP contribution >= 0.6 is 0 Å². The van der Waals surface area contributed by atoms with Crippen LogP contribution in [0.4, 0.5) is 24.5 Å². The van der Waals surface area contributed by atoms with Gasteiger partial charge < -0.3 is 5.32 Å². The zero-order chi connectivity index (χ0) is 18.1. The summed E-state index contributed by atoms with van der Waals surface area (Å²) in [5.74, 6) is -0.0504. The molecule has 0 spiro atoms. The first-order valence-electron chi connectivity index (χ1n) is 7.12. The molecular weight excluding hydrogens is 351 g/mol. The number of sulfonamides is 1. The third kappa shape index (κ3) is 3.96. The van der Waals surface area contributed by atoms with Crippen molar-refractivity contribution in [1.82, 2.24) is 4.31 Å². The van der Waals surface area contributed by atoms with Gasteiger partial charge in [-0.05, 0) is 19.1 Å². The third-order valence-electron chi connectivity index (χ3n) is 3.78. The van der Waals surface area contributed by atoms with Crippen LogP contribution in [0.1, 0.15) is 12.5 Å². The molecule has 0 amide bonds. The minimum Gasteiger partial charge on any atom is -0.379 e. The third-order valence-corrected chi connectivity index (χ3v) is 5.60. The Hall–Kier alpha value is -1.88. The second kappa shape index (κ2) is 6.55. The minimum atomic E-state index is -4.66. The molecule has 1 aromatic carbocycles. The van der Waals surface area contributed by atoms with Crippen LogP contribution in [0.2, 0.25) is 0 Å². The molecule has 11 heteroatoms. The number of halogens is 3. The first kappa shape index (κ1) is 18.5. The van der Waals surface area contributed by atoms with Gasteiger partial charge in [0.15, 0.2) is 0 Å². The highest BCUT2D eigenvalue weighted by molar-refractivity contribution is 7.89. The number of hydrogen-bond donors (Lipinski definition) is 1. The Kier molecular flexibility index (Phi) is 5.04. The van der Waals surface area contributed by atoms with Gasteiger partial charge in [-0.3, -0.25) is 10.1 Å². The van der Waals surface area contributed by atoms with Crippen LogP contribution in [0.3, 0.4) is 0 Å². The molecule has 7 nitrogen and oxygen atoms in total. The van der Waals surface area contributed by atoms with E-state index in [-0.39, 0.29) is 37.0 Å². The SMILES string of the molecule is CCS(=O)(=O)N1CC(CNc2ccc(C(F)(F)F)cc2[N+](=O)[O-])C1. The van der Waals surface area contributed by atoms with Crippen molar-refractivity contribution in [3.63, 3.8) is 0 Å². The molecule has 1 N–H and O–H groups in total. The maximum atomic E-state index is 12.6. The van der Waals surface area contributed by atoms with E-state index in [0.717, 1.165) is 12.1 Å². The van der Waals surface area contributed by atoms with Gasteiger partial charge in [0.25, 0.3) is 5.69 Å². The number of rotatable bonds is 6. The van der Waals surface area contributed by atoms with Crippen LogP contribution in [0.15, 0.2) is 18.2 Å². The van der Waals surface area contributed by atoms with Gasteiger partial charge in [0.05, 0.1) is 16.2 Å². The first-order chi connectivity index (χ1) is 11.0. The molecule has 0 bridgehead atoms. The molecule has 1 aromatic rings. The summed E-state index contributed by atoms with van der Waals surface area (Å²) >= 11 is 0. The number of anilines is 1. The monoisotopic (exact) mass is 367 g/mol. The van der Waals surface area contributed by atoms with Crippen LogP contribution in [0.5, 0.6) is 0 Å². The predicted molar refractivity (Wildman–Crippen MR) is 81.1 cm³/mol. The quantitative estimate of drug-likeness (QED) is 0.615. The van der Waals surface area contributed by atoms with Gasteiger partial charge in [-0.25, -0.2) is 12.7 Å². The summed E-state index contributed by atoms with van der Waals surface area (Å²) in [6, 6.07) is 2.26. The molecule has 0 radical (unpaired) electrons. The lowest BCUT2D eigenvalue weighted by Crippen LogP contribution is -2.52. The number of benzene rings is 1. The molecule has 0 saturated carbocycles. The van der Waals surface area contributed by atoms with E-state index in [0.29, 0.717) is 6.07 Å². The lowest BCUT2D eigenvalue weighted by Gasteiger charge is -2.38. The fraction of sp³-hybridized carbons (Fsp3) is 0.538. The van der Waals surface area contributed by atoms with Crippen molar-refractivity contribution in [2.24, 2.45) is 5.92 Å². The summed E-state index contributed by atoms with van der Waals surface area (Å²) in [5, 5.41) is 13.7. The Morgan fingerprint density at radius 3 is 2.50 bits per heavy atom. The molecular formula is C13H16F3N3O4S. The maximum Gasteiger partial charge on any atom is 0.416 e. The van der Waals surface area contributed by atoms with E-state index in [4.69, 9.17) is 0 Å². The predicted octanol–water partition coefficient (Wildman–Crippen LogP) is 2.31. The van der Waals surface area contributed by atoms with Crippen LogP contribution in [-0.4, -0.2) is 43.0 Å². The van der Waals surface area contributed by atoms with Gasteiger partial charge in [-0.2, -0.15) is 13.2 Å². The number of nitro benzene ring substituents is 1. The normalized spacial score (nSPS) is 16.7. The molecule has 134 valence electrons. The molecule has 1 aliphatic rings. The average molecular weight is 367 g/mol. The summed E-state index contributed by atoms with van der Waals surface area (Å²) in [4.78, 5) is 10.1. The van der Waals surface area contributed by atoms with E-state index < -0.39 is 32.4 Å². The van der Waals surface area contributed by atoms with Gasteiger partial charge in [-0.1, -0.05) is 0 Å². The summed E-state index contributed by atoms with van der Waals surface area (Å²) < 4.78 is 62.3. The lowest BCUT2D eigenvalue weighted by atomic mass is 10.0. The molecule has 2 rings (SSSR count). The smallest absolute Gasteiger partial charge is 0.379 e. The summed E-state index contributed by atoms with van der Waals surface area (Å²) in [7, 11) is -3.25. The van der Waals surface area contributed by atoms with Crippen LogP contribution in [0.25, 0.3) is 0 Å².